The van der Waals surface area contributed by atoms with Crippen molar-refractivity contribution in [2.24, 2.45) is 0 Å². The van der Waals surface area contributed by atoms with E-state index in [2.05, 4.69) is 9.80 Å². The van der Waals surface area contributed by atoms with Gasteiger partial charge in [-0.2, -0.15) is 0 Å². The summed E-state index contributed by atoms with van der Waals surface area (Å²) in [5.41, 5.74) is 1.78. The number of hydrogen-bond acceptors (Lipinski definition) is 5. The summed E-state index contributed by atoms with van der Waals surface area (Å²) < 4.78 is 25.0. The molecule has 0 saturated carbocycles. The third-order valence-corrected chi connectivity index (χ3v) is 5.36. The van der Waals surface area contributed by atoms with Gasteiger partial charge in [-0.05, 0) is 18.6 Å². The van der Waals surface area contributed by atoms with Crippen LogP contribution in [0, 0.1) is 5.82 Å². The van der Waals surface area contributed by atoms with Gasteiger partial charge in [0.25, 0.3) is 0 Å². The van der Waals surface area contributed by atoms with Crippen molar-refractivity contribution in [1.82, 2.24) is 9.80 Å². The summed E-state index contributed by atoms with van der Waals surface area (Å²) in [7, 11) is 3.29. The number of benzene rings is 2. The van der Waals surface area contributed by atoms with Crippen LogP contribution in [0.5, 0.6) is 11.5 Å². The zero-order valence-corrected chi connectivity index (χ0v) is 16.6. The normalized spacial score (nSPS) is 18.2. The zero-order valence-electron chi connectivity index (χ0n) is 16.6. The Morgan fingerprint density at radius 2 is 1.79 bits per heavy atom. The summed E-state index contributed by atoms with van der Waals surface area (Å²) in [6.45, 7) is 3.94. The first-order chi connectivity index (χ1) is 13.7. The number of rotatable bonds is 8. The van der Waals surface area contributed by atoms with Gasteiger partial charge in [-0.1, -0.05) is 30.3 Å². The Kier molecular flexibility index (Phi) is 7.25. The van der Waals surface area contributed by atoms with Crippen LogP contribution in [0.1, 0.15) is 17.5 Å². The van der Waals surface area contributed by atoms with Crippen molar-refractivity contribution in [2.75, 3.05) is 40.5 Å². The van der Waals surface area contributed by atoms with Crippen molar-refractivity contribution in [2.45, 2.75) is 25.6 Å². The van der Waals surface area contributed by atoms with Crippen LogP contribution in [0.3, 0.4) is 0 Å². The number of piperazine rings is 1. The van der Waals surface area contributed by atoms with E-state index in [0.717, 1.165) is 43.2 Å². The summed E-state index contributed by atoms with van der Waals surface area (Å²) in [5, 5.41) is 9.53. The molecule has 0 unspecified atom stereocenters. The summed E-state index contributed by atoms with van der Waals surface area (Å²) in [4.78, 5) is 4.63. The highest BCUT2D eigenvalue weighted by Crippen LogP contribution is 2.32. The molecule has 1 N–H and O–H groups in total. The maximum absolute atomic E-state index is 14.1. The van der Waals surface area contributed by atoms with E-state index >= 15 is 0 Å². The molecule has 0 amide bonds. The topological polar surface area (TPSA) is 45.2 Å². The molecular formula is C22H29FN2O3. The van der Waals surface area contributed by atoms with Gasteiger partial charge in [0, 0.05) is 56.5 Å². The van der Waals surface area contributed by atoms with Gasteiger partial charge >= 0.3 is 0 Å². The first-order valence-electron chi connectivity index (χ1n) is 9.66. The Hall–Kier alpha value is -2.15. The number of halogens is 1. The van der Waals surface area contributed by atoms with Crippen molar-refractivity contribution < 1.29 is 19.0 Å². The summed E-state index contributed by atoms with van der Waals surface area (Å²) >= 11 is 0. The Morgan fingerprint density at radius 3 is 2.50 bits per heavy atom. The number of nitrogens with zero attached hydrogens (tertiary/aromatic N) is 2. The van der Waals surface area contributed by atoms with E-state index in [1.54, 1.807) is 20.3 Å². The van der Waals surface area contributed by atoms with Gasteiger partial charge in [0.05, 0.1) is 14.2 Å². The molecule has 6 heteroatoms. The van der Waals surface area contributed by atoms with Gasteiger partial charge in [0.2, 0.25) is 0 Å². The third-order valence-electron chi connectivity index (χ3n) is 5.36. The van der Waals surface area contributed by atoms with Crippen molar-refractivity contribution >= 4 is 0 Å². The molecule has 0 aromatic heterocycles. The second-order valence-electron chi connectivity index (χ2n) is 7.12. The molecule has 3 rings (SSSR count). The smallest absolute Gasteiger partial charge is 0.165 e. The monoisotopic (exact) mass is 388 g/mol. The van der Waals surface area contributed by atoms with E-state index in [-0.39, 0.29) is 18.5 Å². The Morgan fingerprint density at radius 1 is 1.00 bits per heavy atom. The Balaban J connectivity index is 1.70. The molecule has 1 aliphatic rings. The van der Waals surface area contributed by atoms with Crippen LogP contribution >= 0.6 is 0 Å². The fourth-order valence-electron chi connectivity index (χ4n) is 3.90. The first kappa shape index (κ1) is 20.6. The van der Waals surface area contributed by atoms with E-state index in [0.29, 0.717) is 18.5 Å². The van der Waals surface area contributed by atoms with Crippen LogP contribution < -0.4 is 9.47 Å². The largest absolute Gasteiger partial charge is 0.493 e. The summed E-state index contributed by atoms with van der Waals surface area (Å²) in [5.74, 6) is 1.32. The van der Waals surface area contributed by atoms with E-state index in [1.807, 2.05) is 30.3 Å². The molecule has 1 saturated heterocycles. The maximum atomic E-state index is 14.1. The van der Waals surface area contributed by atoms with Gasteiger partial charge < -0.3 is 14.6 Å². The highest BCUT2D eigenvalue weighted by Gasteiger charge is 2.28. The minimum absolute atomic E-state index is 0.120. The molecule has 1 aliphatic heterocycles. The van der Waals surface area contributed by atoms with E-state index in [1.165, 1.54) is 6.07 Å². The van der Waals surface area contributed by atoms with Crippen LogP contribution in [-0.4, -0.2) is 61.4 Å². The fraction of sp³-hybridized carbons (Fsp3) is 0.455. The molecule has 152 valence electrons. The first-order valence-corrected chi connectivity index (χ1v) is 9.66. The highest BCUT2D eigenvalue weighted by molar-refractivity contribution is 5.46. The number of aliphatic hydroxyl groups is 1. The Labute approximate surface area is 166 Å². The van der Waals surface area contributed by atoms with Crippen LogP contribution in [-0.2, 0) is 13.1 Å². The minimum Gasteiger partial charge on any atom is -0.493 e. The van der Waals surface area contributed by atoms with Crippen molar-refractivity contribution in [3.63, 3.8) is 0 Å². The number of para-hydroxylation sites is 1. The molecular weight excluding hydrogens is 359 g/mol. The standard InChI is InChI=1S/C22H29FN2O3/c1-27-21-9-5-7-18(22(21)28-2)14-24-11-12-25(19(16-24)10-13-26)15-17-6-3-4-8-20(17)23/h3-9,19,26H,10-16H2,1-2H3/t19-/m0/s1. The molecule has 2 aromatic carbocycles. The molecule has 1 fully saturated rings. The number of methoxy groups -OCH3 is 2. The lowest BCUT2D eigenvalue weighted by Gasteiger charge is -2.41. The summed E-state index contributed by atoms with van der Waals surface area (Å²) in [6.07, 6.45) is 0.667. The third kappa shape index (κ3) is 4.82. The molecule has 0 radical (unpaired) electrons. The molecule has 5 nitrogen and oxygen atoms in total. The lowest BCUT2D eigenvalue weighted by molar-refractivity contribution is 0.0489. The van der Waals surface area contributed by atoms with Gasteiger partial charge in [-0.3, -0.25) is 9.80 Å². The summed E-state index contributed by atoms with van der Waals surface area (Å²) in [6, 6.07) is 13.0. The number of aliphatic hydroxyl groups excluding tert-OH is 1. The van der Waals surface area contributed by atoms with Crippen LogP contribution in [0.4, 0.5) is 4.39 Å². The average Bonchev–Trinajstić information content (AvgIpc) is 2.71. The maximum Gasteiger partial charge on any atom is 0.165 e. The second kappa shape index (κ2) is 9.87. The molecule has 0 aliphatic carbocycles. The van der Waals surface area contributed by atoms with E-state index < -0.39 is 0 Å². The molecule has 1 heterocycles. The van der Waals surface area contributed by atoms with Gasteiger partial charge in [0.15, 0.2) is 11.5 Å². The number of ether oxygens (including phenoxy) is 2. The van der Waals surface area contributed by atoms with Crippen LogP contribution in [0.15, 0.2) is 42.5 Å². The molecule has 2 aromatic rings. The van der Waals surface area contributed by atoms with Crippen molar-refractivity contribution in [3.05, 3.63) is 59.4 Å². The number of hydrogen-bond donors (Lipinski definition) is 1. The lowest BCUT2D eigenvalue weighted by Crippen LogP contribution is -2.52. The Bertz CT molecular complexity index is 771. The minimum atomic E-state index is -0.172. The van der Waals surface area contributed by atoms with Crippen molar-refractivity contribution in [3.8, 4) is 11.5 Å². The second-order valence-corrected chi connectivity index (χ2v) is 7.12. The molecule has 0 bridgehead atoms. The van der Waals surface area contributed by atoms with Gasteiger partial charge in [-0.15, -0.1) is 0 Å². The SMILES string of the molecule is COc1cccc(CN2CCN(Cc3ccccc3F)[C@@H](CCO)C2)c1OC. The van der Waals surface area contributed by atoms with Crippen LogP contribution in [0.25, 0.3) is 0 Å². The average molecular weight is 388 g/mol. The zero-order chi connectivity index (χ0) is 19.9. The molecule has 1 atom stereocenters. The van der Waals surface area contributed by atoms with Crippen LogP contribution in [0.2, 0.25) is 0 Å². The molecule has 0 spiro atoms. The highest BCUT2D eigenvalue weighted by atomic mass is 19.1. The van der Waals surface area contributed by atoms with Gasteiger partial charge in [-0.25, -0.2) is 4.39 Å². The predicted octanol–water partition coefficient (Wildman–Crippen LogP) is 2.91. The van der Waals surface area contributed by atoms with Crippen molar-refractivity contribution in [1.29, 1.82) is 0 Å². The quantitative estimate of drug-likeness (QED) is 0.753. The predicted molar refractivity (Wildman–Crippen MR) is 107 cm³/mol. The fourth-order valence-corrected chi connectivity index (χ4v) is 3.90. The molecule has 28 heavy (non-hydrogen) atoms. The lowest BCUT2D eigenvalue weighted by atomic mass is 10.1. The van der Waals surface area contributed by atoms with E-state index in [9.17, 15) is 9.50 Å². The van der Waals surface area contributed by atoms with E-state index in [4.69, 9.17) is 9.47 Å². The van der Waals surface area contributed by atoms with Gasteiger partial charge in [0.1, 0.15) is 5.82 Å².